The standard InChI is InChI=1S/C19H30N2O/c1-18-9-7-13(22)11-12(18)3-4-14-15-5-6-17(21-20)19(15,2)10-8-16(14)18/h3,13-16,22H,4-11,20H2,1-2H3/b21-17-/t13?,14?,15?,16?,18-,19-/m0/s1. The number of fused-ring (bicyclic) bond motifs is 5. The van der Waals surface area contributed by atoms with Gasteiger partial charge in [0, 0.05) is 11.1 Å². The maximum atomic E-state index is 10.0. The fraction of sp³-hybridized carbons (Fsp3) is 0.842. The molecule has 0 saturated heterocycles. The summed E-state index contributed by atoms with van der Waals surface area (Å²) in [6.07, 6.45) is 11.6. The number of aliphatic hydroxyl groups is 1. The largest absolute Gasteiger partial charge is 0.393 e. The molecule has 3 N–H and O–H groups in total. The van der Waals surface area contributed by atoms with Gasteiger partial charge in [-0.15, -0.1) is 0 Å². The van der Waals surface area contributed by atoms with E-state index in [0.717, 1.165) is 37.0 Å². The lowest BCUT2D eigenvalue weighted by Gasteiger charge is -2.57. The Morgan fingerprint density at radius 3 is 2.64 bits per heavy atom. The number of aliphatic hydroxyl groups excluding tert-OH is 1. The van der Waals surface area contributed by atoms with Crippen LogP contribution in [0.1, 0.15) is 65.2 Å². The van der Waals surface area contributed by atoms with E-state index in [4.69, 9.17) is 5.84 Å². The number of nitrogens with two attached hydrogens (primary N) is 1. The van der Waals surface area contributed by atoms with Crippen LogP contribution in [0.25, 0.3) is 0 Å². The third-order valence-electron chi connectivity index (χ3n) is 7.97. The second-order valence-electron chi connectivity index (χ2n) is 8.73. The molecule has 3 fully saturated rings. The third kappa shape index (κ3) is 1.81. The zero-order valence-electron chi connectivity index (χ0n) is 14.0. The van der Waals surface area contributed by atoms with Crippen molar-refractivity contribution in [2.75, 3.05) is 0 Å². The van der Waals surface area contributed by atoms with Gasteiger partial charge in [0.05, 0.1) is 6.10 Å². The highest BCUT2D eigenvalue weighted by molar-refractivity contribution is 5.92. The van der Waals surface area contributed by atoms with E-state index in [1.165, 1.54) is 37.8 Å². The Kier molecular flexibility index (Phi) is 3.24. The van der Waals surface area contributed by atoms with E-state index in [1.807, 2.05) is 0 Å². The number of hydrazone groups is 1. The quantitative estimate of drug-likeness (QED) is 0.408. The van der Waals surface area contributed by atoms with Crippen LogP contribution in [0.2, 0.25) is 0 Å². The SMILES string of the molecule is C[C@]12CCC(O)CC1=CCC1C2CC[C@]2(C)/C(=N\N)CCC12. The van der Waals surface area contributed by atoms with E-state index in [9.17, 15) is 5.11 Å². The summed E-state index contributed by atoms with van der Waals surface area (Å²) >= 11 is 0. The van der Waals surface area contributed by atoms with Crippen molar-refractivity contribution < 1.29 is 5.11 Å². The average Bonchev–Trinajstić information content (AvgIpc) is 2.84. The second-order valence-corrected chi connectivity index (χ2v) is 8.73. The summed E-state index contributed by atoms with van der Waals surface area (Å²) in [5.41, 5.74) is 3.43. The van der Waals surface area contributed by atoms with Crippen LogP contribution in [0.15, 0.2) is 16.8 Å². The topological polar surface area (TPSA) is 58.6 Å². The number of nitrogens with zero attached hydrogens (tertiary/aromatic N) is 1. The maximum absolute atomic E-state index is 10.0. The van der Waals surface area contributed by atoms with Gasteiger partial charge in [-0.25, -0.2) is 0 Å². The van der Waals surface area contributed by atoms with Gasteiger partial charge in [0.15, 0.2) is 0 Å². The summed E-state index contributed by atoms with van der Waals surface area (Å²) in [5, 5.41) is 14.2. The van der Waals surface area contributed by atoms with Gasteiger partial charge in [-0.2, -0.15) is 5.10 Å². The van der Waals surface area contributed by atoms with Crippen LogP contribution in [0, 0.1) is 28.6 Å². The predicted octanol–water partition coefficient (Wildman–Crippen LogP) is 3.62. The molecule has 0 radical (unpaired) electrons. The van der Waals surface area contributed by atoms with Gasteiger partial charge in [-0.1, -0.05) is 25.5 Å². The van der Waals surface area contributed by atoms with Gasteiger partial charge in [-0.3, -0.25) is 0 Å². The van der Waals surface area contributed by atoms with E-state index in [1.54, 1.807) is 5.57 Å². The Hall–Kier alpha value is -0.830. The van der Waals surface area contributed by atoms with Gasteiger partial charge in [-0.05, 0) is 74.5 Å². The third-order valence-corrected chi connectivity index (χ3v) is 7.97. The minimum Gasteiger partial charge on any atom is -0.393 e. The molecule has 4 aliphatic carbocycles. The first-order valence-electron chi connectivity index (χ1n) is 9.14. The molecule has 0 aliphatic heterocycles. The lowest BCUT2D eigenvalue weighted by Crippen LogP contribution is -2.50. The van der Waals surface area contributed by atoms with Crippen molar-refractivity contribution in [2.45, 2.75) is 71.3 Å². The van der Waals surface area contributed by atoms with E-state index < -0.39 is 0 Å². The summed E-state index contributed by atoms with van der Waals surface area (Å²) in [6, 6.07) is 0. The Morgan fingerprint density at radius 2 is 1.86 bits per heavy atom. The molecule has 0 amide bonds. The normalized spacial score (nSPS) is 52.7. The van der Waals surface area contributed by atoms with Crippen LogP contribution >= 0.6 is 0 Å². The molecule has 0 heterocycles. The summed E-state index contributed by atoms with van der Waals surface area (Å²) in [7, 11) is 0. The number of hydrogen-bond donors (Lipinski definition) is 2. The molecule has 0 aromatic carbocycles. The van der Waals surface area contributed by atoms with Gasteiger partial charge in [0.25, 0.3) is 0 Å². The first-order chi connectivity index (χ1) is 10.5. The zero-order chi connectivity index (χ0) is 15.5. The highest BCUT2D eigenvalue weighted by atomic mass is 16.3. The fourth-order valence-electron chi connectivity index (χ4n) is 6.64. The Labute approximate surface area is 134 Å². The van der Waals surface area contributed by atoms with Crippen LogP contribution in [-0.4, -0.2) is 16.9 Å². The first kappa shape index (κ1) is 14.7. The molecule has 0 bridgehead atoms. The number of rotatable bonds is 0. The molecule has 4 rings (SSSR count). The highest BCUT2D eigenvalue weighted by Gasteiger charge is 2.57. The van der Waals surface area contributed by atoms with E-state index in [2.05, 4.69) is 25.0 Å². The summed E-state index contributed by atoms with van der Waals surface area (Å²) in [4.78, 5) is 0. The summed E-state index contributed by atoms with van der Waals surface area (Å²) < 4.78 is 0. The molecule has 22 heavy (non-hydrogen) atoms. The van der Waals surface area contributed by atoms with Crippen molar-refractivity contribution in [3.8, 4) is 0 Å². The van der Waals surface area contributed by atoms with Crippen molar-refractivity contribution in [1.82, 2.24) is 0 Å². The van der Waals surface area contributed by atoms with Gasteiger partial charge in [0.2, 0.25) is 0 Å². The van der Waals surface area contributed by atoms with Crippen LogP contribution in [0.3, 0.4) is 0 Å². The summed E-state index contributed by atoms with van der Waals surface area (Å²) in [5.74, 6) is 8.04. The molecular formula is C19H30N2O. The molecule has 122 valence electrons. The Bertz CT molecular complexity index is 540. The van der Waals surface area contributed by atoms with Gasteiger partial charge in [0.1, 0.15) is 0 Å². The first-order valence-corrected chi connectivity index (χ1v) is 9.14. The van der Waals surface area contributed by atoms with Crippen molar-refractivity contribution in [1.29, 1.82) is 0 Å². The molecule has 0 aromatic rings. The summed E-state index contributed by atoms with van der Waals surface area (Å²) in [6.45, 7) is 4.90. The van der Waals surface area contributed by atoms with Gasteiger partial charge >= 0.3 is 0 Å². The van der Waals surface area contributed by atoms with Crippen LogP contribution in [0.5, 0.6) is 0 Å². The molecule has 3 nitrogen and oxygen atoms in total. The Morgan fingerprint density at radius 1 is 1.14 bits per heavy atom. The number of hydrogen-bond acceptors (Lipinski definition) is 3. The minimum atomic E-state index is -0.104. The molecule has 4 unspecified atom stereocenters. The molecule has 6 atom stereocenters. The fourth-order valence-corrected chi connectivity index (χ4v) is 6.64. The predicted molar refractivity (Wildman–Crippen MR) is 89.3 cm³/mol. The van der Waals surface area contributed by atoms with Crippen LogP contribution in [0.4, 0.5) is 0 Å². The lowest BCUT2D eigenvalue weighted by molar-refractivity contribution is -0.0209. The zero-order valence-corrected chi connectivity index (χ0v) is 14.0. The molecule has 4 aliphatic rings. The average molecular weight is 302 g/mol. The van der Waals surface area contributed by atoms with Gasteiger partial charge < -0.3 is 10.9 Å². The van der Waals surface area contributed by atoms with Crippen LogP contribution in [-0.2, 0) is 0 Å². The number of allylic oxidation sites excluding steroid dienone is 1. The smallest absolute Gasteiger partial charge is 0.0577 e. The highest BCUT2D eigenvalue weighted by Crippen LogP contribution is 2.64. The van der Waals surface area contributed by atoms with Crippen molar-refractivity contribution in [3.05, 3.63) is 11.6 Å². The Balaban J connectivity index is 1.69. The van der Waals surface area contributed by atoms with E-state index in [0.29, 0.717) is 5.41 Å². The molecular weight excluding hydrogens is 272 g/mol. The molecule has 3 saturated carbocycles. The molecule has 0 aromatic heterocycles. The lowest BCUT2D eigenvalue weighted by atomic mass is 9.48. The minimum absolute atomic E-state index is 0.104. The van der Waals surface area contributed by atoms with Crippen LogP contribution < -0.4 is 5.84 Å². The van der Waals surface area contributed by atoms with Crippen molar-refractivity contribution in [3.63, 3.8) is 0 Å². The molecule has 0 spiro atoms. The van der Waals surface area contributed by atoms with E-state index in [-0.39, 0.29) is 11.5 Å². The molecule has 3 heteroatoms. The monoisotopic (exact) mass is 302 g/mol. The van der Waals surface area contributed by atoms with Crippen molar-refractivity contribution >= 4 is 5.71 Å². The maximum Gasteiger partial charge on any atom is 0.0577 e. The van der Waals surface area contributed by atoms with Crippen molar-refractivity contribution in [2.24, 2.45) is 39.5 Å². The second kappa shape index (κ2) is 4.83. The van der Waals surface area contributed by atoms with E-state index >= 15 is 0 Å².